The van der Waals surface area contributed by atoms with Crippen molar-refractivity contribution in [3.8, 4) is 0 Å². The molecule has 25 heavy (non-hydrogen) atoms. The Balaban J connectivity index is 1.67. The zero-order valence-corrected chi connectivity index (χ0v) is 14.9. The summed E-state index contributed by atoms with van der Waals surface area (Å²) in [6.07, 6.45) is 2.12. The molecular formula is C18H17ClN4OS. The van der Waals surface area contributed by atoms with E-state index in [0.717, 1.165) is 11.1 Å². The van der Waals surface area contributed by atoms with Gasteiger partial charge in [-0.2, -0.15) is 5.10 Å². The first kappa shape index (κ1) is 17.5. The van der Waals surface area contributed by atoms with Crippen molar-refractivity contribution in [2.75, 3.05) is 5.75 Å². The zero-order chi connectivity index (χ0) is 17.5. The summed E-state index contributed by atoms with van der Waals surface area (Å²) in [6, 6.07) is 17.5. The molecule has 2 aromatic carbocycles. The minimum Gasteiger partial charge on any atom is -0.348 e. The SMILES string of the molecule is O=C(CSc1ncn[nH]1)NC(Cc1ccc(Cl)cc1)c1ccccc1. The number of carbonyl (C=O) groups excluding carboxylic acids is 1. The van der Waals surface area contributed by atoms with Crippen LogP contribution in [0.15, 0.2) is 66.1 Å². The van der Waals surface area contributed by atoms with Crippen molar-refractivity contribution in [3.63, 3.8) is 0 Å². The van der Waals surface area contributed by atoms with Gasteiger partial charge in [0.25, 0.3) is 0 Å². The van der Waals surface area contributed by atoms with E-state index in [-0.39, 0.29) is 17.7 Å². The Kier molecular flexibility index (Phi) is 6.09. The van der Waals surface area contributed by atoms with Gasteiger partial charge < -0.3 is 5.32 Å². The third-order valence-electron chi connectivity index (χ3n) is 3.62. The van der Waals surface area contributed by atoms with Crippen LogP contribution in [0.1, 0.15) is 17.2 Å². The molecule has 0 aliphatic carbocycles. The number of benzene rings is 2. The summed E-state index contributed by atoms with van der Waals surface area (Å²) in [5.41, 5.74) is 2.18. The van der Waals surface area contributed by atoms with Crippen LogP contribution in [0, 0.1) is 0 Å². The van der Waals surface area contributed by atoms with Gasteiger partial charge in [0.05, 0.1) is 11.8 Å². The van der Waals surface area contributed by atoms with E-state index >= 15 is 0 Å². The van der Waals surface area contributed by atoms with E-state index in [2.05, 4.69) is 20.5 Å². The van der Waals surface area contributed by atoms with E-state index in [1.54, 1.807) is 0 Å². The van der Waals surface area contributed by atoms with E-state index in [1.165, 1.54) is 18.1 Å². The van der Waals surface area contributed by atoms with E-state index in [4.69, 9.17) is 11.6 Å². The first-order valence-electron chi connectivity index (χ1n) is 7.77. The van der Waals surface area contributed by atoms with Crippen molar-refractivity contribution < 1.29 is 4.79 Å². The number of amides is 1. The fourth-order valence-corrected chi connectivity index (χ4v) is 3.14. The van der Waals surface area contributed by atoms with Gasteiger partial charge in [0.2, 0.25) is 5.91 Å². The summed E-state index contributed by atoms with van der Waals surface area (Å²) < 4.78 is 0. The van der Waals surface area contributed by atoms with E-state index in [1.807, 2.05) is 54.6 Å². The molecule has 0 bridgehead atoms. The number of thioether (sulfide) groups is 1. The number of nitrogens with zero attached hydrogens (tertiary/aromatic N) is 2. The van der Waals surface area contributed by atoms with Crippen molar-refractivity contribution in [2.45, 2.75) is 17.6 Å². The van der Waals surface area contributed by atoms with Gasteiger partial charge in [0.15, 0.2) is 5.16 Å². The van der Waals surface area contributed by atoms with Gasteiger partial charge in [0, 0.05) is 5.02 Å². The Morgan fingerprint density at radius 1 is 1.16 bits per heavy atom. The van der Waals surface area contributed by atoms with Crippen LogP contribution in [-0.4, -0.2) is 26.8 Å². The lowest BCUT2D eigenvalue weighted by molar-refractivity contribution is -0.119. The Bertz CT molecular complexity index is 794. The van der Waals surface area contributed by atoms with Crippen LogP contribution >= 0.6 is 23.4 Å². The maximum absolute atomic E-state index is 12.4. The highest BCUT2D eigenvalue weighted by molar-refractivity contribution is 7.99. The second kappa shape index (κ2) is 8.69. The molecule has 128 valence electrons. The van der Waals surface area contributed by atoms with Crippen LogP contribution in [0.25, 0.3) is 0 Å². The molecule has 0 saturated heterocycles. The van der Waals surface area contributed by atoms with Crippen molar-refractivity contribution >= 4 is 29.3 Å². The lowest BCUT2D eigenvalue weighted by atomic mass is 9.99. The monoisotopic (exact) mass is 372 g/mol. The summed E-state index contributed by atoms with van der Waals surface area (Å²) in [4.78, 5) is 16.4. The lowest BCUT2D eigenvalue weighted by Crippen LogP contribution is -2.31. The van der Waals surface area contributed by atoms with Crippen LogP contribution < -0.4 is 5.32 Å². The summed E-state index contributed by atoms with van der Waals surface area (Å²) >= 11 is 7.28. The van der Waals surface area contributed by atoms with Crippen molar-refractivity contribution in [1.82, 2.24) is 20.5 Å². The molecule has 0 radical (unpaired) electrons. The molecule has 1 heterocycles. The summed E-state index contributed by atoms with van der Waals surface area (Å²) in [6.45, 7) is 0. The minimum atomic E-state index is -0.106. The maximum Gasteiger partial charge on any atom is 0.230 e. The molecular weight excluding hydrogens is 356 g/mol. The smallest absolute Gasteiger partial charge is 0.230 e. The quantitative estimate of drug-likeness (QED) is 0.621. The Hall–Kier alpha value is -2.31. The average molecular weight is 373 g/mol. The molecule has 0 spiro atoms. The van der Waals surface area contributed by atoms with E-state index < -0.39 is 0 Å². The first-order chi connectivity index (χ1) is 12.2. The molecule has 1 aromatic heterocycles. The predicted octanol–water partition coefficient (Wildman–Crippen LogP) is 3.65. The molecule has 0 saturated carbocycles. The second-order valence-electron chi connectivity index (χ2n) is 5.44. The van der Waals surface area contributed by atoms with Crippen LogP contribution in [0.2, 0.25) is 5.02 Å². The number of aromatic nitrogens is 3. The molecule has 1 amide bonds. The Morgan fingerprint density at radius 3 is 2.60 bits per heavy atom. The number of rotatable bonds is 7. The highest BCUT2D eigenvalue weighted by Crippen LogP contribution is 2.20. The third-order valence-corrected chi connectivity index (χ3v) is 4.75. The molecule has 3 aromatic rings. The van der Waals surface area contributed by atoms with Crippen molar-refractivity contribution in [3.05, 3.63) is 77.1 Å². The molecule has 2 N–H and O–H groups in total. The van der Waals surface area contributed by atoms with Crippen LogP contribution in [0.4, 0.5) is 0 Å². The van der Waals surface area contributed by atoms with Crippen molar-refractivity contribution in [1.29, 1.82) is 0 Å². The number of nitrogens with one attached hydrogen (secondary N) is 2. The highest BCUT2D eigenvalue weighted by Gasteiger charge is 2.16. The number of carbonyl (C=O) groups is 1. The van der Waals surface area contributed by atoms with Gasteiger partial charge >= 0.3 is 0 Å². The van der Waals surface area contributed by atoms with Gasteiger partial charge in [-0.3, -0.25) is 9.89 Å². The van der Waals surface area contributed by atoms with Crippen LogP contribution in [0.5, 0.6) is 0 Å². The Morgan fingerprint density at radius 2 is 1.92 bits per heavy atom. The van der Waals surface area contributed by atoms with E-state index in [9.17, 15) is 4.79 Å². The van der Waals surface area contributed by atoms with Crippen LogP contribution in [0.3, 0.4) is 0 Å². The third kappa shape index (κ3) is 5.34. The van der Waals surface area contributed by atoms with Gasteiger partial charge in [0.1, 0.15) is 6.33 Å². The fourth-order valence-electron chi connectivity index (χ4n) is 2.43. The standard InChI is InChI=1S/C18H17ClN4OS/c19-15-8-6-13(7-9-15)10-16(14-4-2-1-3-5-14)22-17(24)11-25-18-20-12-21-23-18/h1-9,12,16H,10-11H2,(H,22,24)(H,20,21,23). The minimum absolute atomic E-state index is 0.0517. The predicted molar refractivity (Wildman–Crippen MR) is 99.6 cm³/mol. The fraction of sp³-hybridized carbons (Fsp3) is 0.167. The number of hydrogen-bond acceptors (Lipinski definition) is 4. The average Bonchev–Trinajstić information content (AvgIpc) is 3.16. The number of halogens is 1. The van der Waals surface area contributed by atoms with Gasteiger partial charge in [-0.05, 0) is 29.7 Å². The molecule has 7 heteroatoms. The Labute approximate surface area is 155 Å². The molecule has 1 unspecified atom stereocenters. The normalized spacial score (nSPS) is 11.9. The van der Waals surface area contributed by atoms with Crippen LogP contribution in [-0.2, 0) is 11.2 Å². The highest BCUT2D eigenvalue weighted by atomic mass is 35.5. The summed E-state index contributed by atoms with van der Waals surface area (Å²) in [5, 5.41) is 10.9. The van der Waals surface area contributed by atoms with Gasteiger partial charge in [-0.1, -0.05) is 65.8 Å². The molecule has 0 aliphatic heterocycles. The van der Waals surface area contributed by atoms with Gasteiger partial charge in [-0.25, -0.2) is 4.98 Å². The van der Waals surface area contributed by atoms with E-state index in [0.29, 0.717) is 16.6 Å². The topological polar surface area (TPSA) is 70.7 Å². The number of hydrogen-bond donors (Lipinski definition) is 2. The molecule has 1 atom stereocenters. The molecule has 0 fully saturated rings. The zero-order valence-electron chi connectivity index (χ0n) is 13.4. The molecule has 3 rings (SSSR count). The largest absolute Gasteiger partial charge is 0.348 e. The summed E-state index contributed by atoms with van der Waals surface area (Å²) in [7, 11) is 0. The lowest BCUT2D eigenvalue weighted by Gasteiger charge is -2.19. The number of H-pyrrole nitrogens is 1. The summed E-state index contributed by atoms with van der Waals surface area (Å²) in [5.74, 6) is 0.225. The maximum atomic E-state index is 12.4. The molecule has 5 nitrogen and oxygen atoms in total. The van der Waals surface area contributed by atoms with Crippen molar-refractivity contribution in [2.24, 2.45) is 0 Å². The van der Waals surface area contributed by atoms with Gasteiger partial charge in [-0.15, -0.1) is 0 Å². The first-order valence-corrected chi connectivity index (χ1v) is 9.14. The second-order valence-corrected chi connectivity index (χ2v) is 6.84. The molecule has 0 aliphatic rings. The number of aromatic amines is 1.